The number of amides is 2. The lowest BCUT2D eigenvalue weighted by Gasteiger charge is -2.16. The first-order valence-electron chi connectivity index (χ1n) is 12.3. The largest absolute Gasteiger partial charge is 0.397 e. The number of thiophene rings is 1. The highest BCUT2D eigenvalue weighted by atomic mass is 35.5. The molecule has 5 aromatic rings. The highest BCUT2D eigenvalue weighted by molar-refractivity contribution is 7.20. The van der Waals surface area contributed by atoms with Crippen LogP contribution in [0.4, 0.5) is 15.8 Å². The van der Waals surface area contributed by atoms with Crippen LogP contribution in [0.1, 0.15) is 39.9 Å². The molecule has 0 aliphatic rings. The maximum Gasteiger partial charge on any atom is 0.265 e. The first kappa shape index (κ1) is 26.4. The number of carbonyl (C=O) groups is 2. The van der Waals surface area contributed by atoms with Crippen LogP contribution in [-0.2, 0) is 4.79 Å². The van der Waals surface area contributed by atoms with Gasteiger partial charge >= 0.3 is 0 Å². The molecule has 0 spiro atoms. The average Bonchev–Trinajstić information content (AvgIpc) is 3.38. The molecule has 1 heterocycles. The summed E-state index contributed by atoms with van der Waals surface area (Å²) < 4.78 is 15.8. The van der Waals surface area contributed by atoms with E-state index < -0.39 is 12.1 Å². The number of halogens is 2. The quantitative estimate of drug-likeness (QED) is 0.178. The van der Waals surface area contributed by atoms with Crippen LogP contribution in [-0.4, -0.2) is 11.8 Å². The standard InChI is InChI=1S/C31H25ClFN3O2S/c1-18(19-9-12-24(32)13-10-19)35-31(38)29(33)23-8-7-22-16-28(39-27(22)17-23)30(37)36-26-15-21(11-14-25(26)34)20-5-3-2-4-6-20/h2-18,29H,34H2,1H3,(H,35,38)(H,36,37)/t18-,29?/m1/s1. The van der Waals surface area contributed by atoms with Crippen LogP contribution in [0, 0.1) is 0 Å². The zero-order valence-corrected chi connectivity index (χ0v) is 22.5. The van der Waals surface area contributed by atoms with Crippen molar-refractivity contribution in [3.05, 3.63) is 118 Å². The topological polar surface area (TPSA) is 84.2 Å². The van der Waals surface area contributed by atoms with Crippen LogP contribution in [0.15, 0.2) is 97.1 Å². The number of fused-ring (bicyclic) bond motifs is 1. The van der Waals surface area contributed by atoms with E-state index in [-0.39, 0.29) is 17.5 Å². The third-order valence-corrected chi connectivity index (χ3v) is 7.78. The van der Waals surface area contributed by atoms with Crippen molar-refractivity contribution < 1.29 is 14.0 Å². The van der Waals surface area contributed by atoms with Crippen molar-refractivity contribution in [2.75, 3.05) is 11.1 Å². The molecule has 1 unspecified atom stereocenters. The van der Waals surface area contributed by atoms with Crippen molar-refractivity contribution in [1.82, 2.24) is 5.32 Å². The van der Waals surface area contributed by atoms with Crippen molar-refractivity contribution in [3.63, 3.8) is 0 Å². The van der Waals surface area contributed by atoms with Gasteiger partial charge in [0, 0.05) is 9.72 Å². The van der Waals surface area contributed by atoms with Gasteiger partial charge in [-0.3, -0.25) is 9.59 Å². The second-order valence-electron chi connectivity index (χ2n) is 9.17. The zero-order valence-electron chi connectivity index (χ0n) is 21.0. The Labute approximate surface area is 234 Å². The first-order chi connectivity index (χ1) is 18.8. The predicted octanol–water partition coefficient (Wildman–Crippen LogP) is 7.94. The molecule has 0 saturated carbocycles. The van der Waals surface area contributed by atoms with E-state index in [1.165, 1.54) is 11.3 Å². The SMILES string of the molecule is C[C@@H](NC(=O)C(F)c1ccc2cc(C(=O)Nc3cc(-c4ccccc4)ccc3N)sc2c1)c1ccc(Cl)cc1. The minimum absolute atomic E-state index is 0.219. The number of alkyl halides is 1. The molecule has 4 N–H and O–H groups in total. The molecule has 5 rings (SSSR count). The van der Waals surface area contributed by atoms with Gasteiger partial charge in [0.05, 0.1) is 22.3 Å². The van der Waals surface area contributed by atoms with Gasteiger partial charge in [-0.1, -0.05) is 72.3 Å². The highest BCUT2D eigenvalue weighted by Gasteiger charge is 2.23. The van der Waals surface area contributed by atoms with E-state index in [2.05, 4.69) is 10.6 Å². The Morgan fingerprint density at radius 1 is 0.872 bits per heavy atom. The Balaban J connectivity index is 1.30. The van der Waals surface area contributed by atoms with E-state index in [0.717, 1.165) is 22.1 Å². The van der Waals surface area contributed by atoms with E-state index in [1.807, 2.05) is 42.5 Å². The fourth-order valence-electron chi connectivity index (χ4n) is 4.25. The van der Waals surface area contributed by atoms with Gasteiger partial charge in [-0.2, -0.15) is 0 Å². The summed E-state index contributed by atoms with van der Waals surface area (Å²) in [6.07, 6.45) is -1.86. The van der Waals surface area contributed by atoms with E-state index in [0.29, 0.717) is 26.0 Å². The molecule has 0 aliphatic carbocycles. The van der Waals surface area contributed by atoms with E-state index in [4.69, 9.17) is 17.3 Å². The molecule has 0 aliphatic heterocycles. The van der Waals surface area contributed by atoms with Gasteiger partial charge in [-0.25, -0.2) is 4.39 Å². The van der Waals surface area contributed by atoms with Crippen molar-refractivity contribution >= 4 is 56.2 Å². The van der Waals surface area contributed by atoms with Crippen LogP contribution >= 0.6 is 22.9 Å². The number of nitrogen functional groups attached to an aromatic ring is 1. The normalized spacial score (nSPS) is 12.6. The van der Waals surface area contributed by atoms with Crippen molar-refractivity contribution in [3.8, 4) is 11.1 Å². The summed E-state index contributed by atoms with van der Waals surface area (Å²) in [6, 6.07) is 28.6. The summed E-state index contributed by atoms with van der Waals surface area (Å²) >= 11 is 7.14. The number of anilines is 2. The summed E-state index contributed by atoms with van der Waals surface area (Å²) in [5.74, 6) is -1.05. The number of hydrogen-bond donors (Lipinski definition) is 3. The minimum atomic E-state index is -1.86. The van der Waals surface area contributed by atoms with Gasteiger partial charge in [-0.15, -0.1) is 11.3 Å². The molecule has 39 heavy (non-hydrogen) atoms. The fourth-order valence-corrected chi connectivity index (χ4v) is 5.38. The smallest absolute Gasteiger partial charge is 0.265 e. The molecular formula is C31H25ClFN3O2S. The molecular weight excluding hydrogens is 533 g/mol. The maximum atomic E-state index is 15.2. The van der Waals surface area contributed by atoms with Crippen LogP contribution in [0.2, 0.25) is 5.02 Å². The number of rotatable bonds is 7. The molecule has 0 saturated heterocycles. The van der Waals surface area contributed by atoms with E-state index >= 15 is 4.39 Å². The van der Waals surface area contributed by atoms with Gasteiger partial charge in [0.2, 0.25) is 6.17 Å². The van der Waals surface area contributed by atoms with Crippen LogP contribution in [0.25, 0.3) is 21.2 Å². The summed E-state index contributed by atoms with van der Waals surface area (Å²) in [6.45, 7) is 1.78. The van der Waals surface area contributed by atoms with Crippen molar-refractivity contribution in [1.29, 1.82) is 0 Å². The van der Waals surface area contributed by atoms with Gasteiger partial charge in [0.25, 0.3) is 11.8 Å². The molecule has 2 atom stereocenters. The van der Waals surface area contributed by atoms with Crippen LogP contribution in [0.3, 0.4) is 0 Å². The number of benzene rings is 4. The lowest BCUT2D eigenvalue weighted by atomic mass is 10.0. The second kappa shape index (κ2) is 11.3. The third kappa shape index (κ3) is 5.95. The number of nitrogens with two attached hydrogens (primary N) is 1. The average molecular weight is 558 g/mol. The summed E-state index contributed by atoms with van der Waals surface area (Å²) in [5, 5.41) is 6.96. The third-order valence-electron chi connectivity index (χ3n) is 6.43. The van der Waals surface area contributed by atoms with E-state index in [1.54, 1.807) is 61.5 Å². The molecule has 2 amide bonds. The van der Waals surface area contributed by atoms with Gasteiger partial charge < -0.3 is 16.4 Å². The van der Waals surface area contributed by atoms with Crippen LogP contribution < -0.4 is 16.4 Å². The van der Waals surface area contributed by atoms with Crippen molar-refractivity contribution in [2.45, 2.75) is 19.1 Å². The molecule has 8 heteroatoms. The van der Waals surface area contributed by atoms with Gasteiger partial charge in [0.1, 0.15) is 0 Å². The lowest BCUT2D eigenvalue weighted by Crippen LogP contribution is -2.30. The van der Waals surface area contributed by atoms with Crippen molar-refractivity contribution in [2.24, 2.45) is 0 Å². The summed E-state index contributed by atoms with van der Waals surface area (Å²) in [7, 11) is 0. The lowest BCUT2D eigenvalue weighted by molar-refractivity contribution is -0.126. The van der Waals surface area contributed by atoms with Gasteiger partial charge in [-0.05, 0) is 71.0 Å². The second-order valence-corrected chi connectivity index (χ2v) is 10.7. The Kier molecular flexibility index (Phi) is 7.63. The van der Waals surface area contributed by atoms with Crippen LogP contribution in [0.5, 0.6) is 0 Å². The molecule has 196 valence electrons. The fraction of sp³-hybridized carbons (Fsp3) is 0.0968. The van der Waals surface area contributed by atoms with E-state index in [9.17, 15) is 9.59 Å². The molecule has 0 fully saturated rings. The number of nitrogens with one attached hydrogen (secondary N) is 2. The maximum absolute atomic E-state index is 15.2. The first-order valence-corrected chi connectivity index (χ1v) is 13.5. The number of hydrogen-bond acceptors (Lipinski definition) is 4. The molecule has 0 bridgehead atoms. The predicted molar refractivity (Wildman–Crippen MR) is 158 cm³/mol. The summed E-state index contributed by atoms with van der Waals surface area (Å²) in [4.78, 5) is 26.2. The Morgan fingerprint density at radius 2 is 1.59 bits per heavy atom. The molecule has 4 aromatic carbocycles. The summed E-state index contributed by atoms with van der Waals surface area (Å²) in [5.41, 5.74) is 10.1. The number of carbonyl (C=O) groups excluding carboxylic acids is 2. The highest BCUT2D eigenvalue weighted by Crippen LogP contribution is 2.32. The monoisotopic (exact) mass is 557 g/mol. The molecule has 5 nitrogen and oxygen atoms in total. The van der Waals surface area contributed by atoms with Gasteiger partial charge in [0.15, 0.2) is 0 Å². The molecule has 0 radical (unpaired) electrons. The minimum Gasteiger partial charge on any atom is -0.397 e. The Bertz CT molecular complexity index is 1650. The zero-order chi connectivity index (χ0) is 27.5. The Morgan fingerprint density at radius 3 is 2.33 bits per heavy atom. The molecule has 1 aromatic heterocycles. The Hall–Kier alpha value is -4.20.